The van der Waals surface area contributed by atoms with Crippen molar-refractivity contribution in [3.63, 3.8) is 0 Å². The number of nitrogens with zero attached hydrogens (tertiary/aromatic N) is 1. The molecule has 2 atom stereocenters. The Kier molecular flexibility index (Phi) is 17.8. The molecule has 1 aromatic heterocycles. The van der Waals surface area contributed by atoms with Crippen LogP contribution in [0.2, 0.25) is 0 Å². The minimum atomic E-state index is -1.03. The molecule has 4 heteroatoms. The number of para-hydroxylation sites is 1. The van der Waals surface area contributed by atoms with Crippen molar-refractivity contribution < 1.29 is 4.21 Å². The number of benzene rings is 3. The summed E-state index contributed by atoms with van der Waals surface area (Å²) in [5.41, 5.74) is 4.90. The van der Waals surface area contributed by atoms with Gasteiger partial charge in [0.15, 0.2) is 0 Å². The molecule has 4 aromatic rings. The number of hydrogen-bond acceptors (Lipinski definition) is 1. The molecule has 3 aromatic carbocycles. The Morgan fingerprint density at radius 3 is 1.73 bits per heavy atom. The van der Waals surface area contributed by atoms with E-state index in [9.17, 15) is 4.21 Å². The fraction of sp³-hybridized carbons (Fsp3) is 0.591. The lowest BCUT2D eigenvalue weighted by Crippen LogP contribution is -2.11. The van der Waals surface area contributed by atoms with Crippen molar-refractivity contribution in [1.82, 2.24) is 4.57 Å². The molecule has 0 aliphatic heterocycles. The highest BCUT2D eigenvalue weighted by Crippen LogP contribution is 2.36. The molecule has 0 saturated heterocycles. The first-order valence-corrected chi connectivity index (χ1v) is 21.9. The van der Waals surface area contributed by atoms with Gasteiger partial charge in [-0.1, -0.05) is 189 Å². The van der Waals surface area contributed by atoms with Crippen molar-refractivity contribution in [2.75, 3.05) is 5.75 Å². The maximum atomic E-state index is 13.1. The largest absolute Gasteiger partial charge is 0.340 e. The fourth-order valence-electron chi connectivity index (χ4n) is 7.56. The van der Waals surface area contributed by atoms with Gasteiger partial charge in [0.2, 0.25) is 0 Å². The Labute approximate surface area is 304 Å². The average Bonchev–Trinajstić information content (AvgIpc) is 3.42. The number of unbranched alkanes of at least 4 members (excludes halogenated alkanes) is 16. The topological polar surface area (TPSA) is 22.0 Å². The molecule has 0 bridgehead atoms. The molecule has 0 fully saturated rings. The zero-order valence-electron chi connectivity index (χ0n) is 30.5. The van der Waals surface area contributed by atoms with E-state index in [4.69, 9.17) is 0 Å². The van der Waals surface area contributed by atoms with Gasteiger partial charge in [0, 0.05) is 43.5 Å². The van der Waals surface area contributed by atoms with E-state index in [0.29, 0.717) is 11.7 Å². The molecule has 48 heavy (non-hydrogen) atoms. The Hall–Kier alpha value is -1.91. The zero-order chi connectivity index (χ0) is 34.0. The van der Waals surface area contributed by atoms with Gasteiger partial charge in [-0.15, -0.1) is 0 Å². The van der Waals surface area contributed by atoms with Crippen LogP contribution >= 0.6 is 15.9 Å². The first-order chi connectivity index (χ1) is 23.6. The van der Waals surface area contributed by atoms with Gasteiger partial charge < -0.3 is 4.57 Å². The van der Waals surface area contributed by atoms with E-state index < -0.39 is 10.8 Å². The van der Waals surface area contributed by atoms with Gasteiger partial charge >= 0.3 is 0 Å². The smallest absolute Gasteiger partial charge is 0.0533 e. The van der Waals surface area contributed by atoms with E-state index in [2.05, 4.69) is 88.9 Å². The summed E-state index contributed by atoms with van der Waals surface area (Å²) in [6.07, 6.45) is 27.7. The van der Waals surface area contributed by atoms with E-state index in [-0.39, 0.29) is 0 Å². The number of aromatic nitrogens is 1. The van der Waals surface area contributed by atoms with Crippen LogP contribution in [0.15, 0.2) is 70.0 Å². The molecular formula is C44H64BrNOS. The summed E-state index contributed by atoms with van der Waals surface area (Å²) in [5, 5.41) is 2.67. The van der Waals surface area contributed by atoms with Crippen LogP contribution in [0, 0.1) is 5.92 Å². The molecule has 0 amide bonds. The summed E-state index contributed by atoms with van der Waals surface area (Å²) < 4.78 is 16.7. The van der Waals surface area contributed by atoms with Gasteiger partial charge in [-0.3, -0.25) is 4.21 Å². The van der Waals surface area contributed by atoms with E-state index >= 15 is 0 Å². The second-order valence-electron chi connectivity index (χ2n) is 14.2. The minimum Gasteiger partial charge on any atom is -0.340 e. The van der Waals surface area contributed by atoms with E-state index in [1.807, 2.05) is 13.0 Å². The lowest BCUT2D eigenvalue weighted by Gasteiger charge is -2.20. The first kappa shape index (κ1) is 38.9. The van der Waals surface area contributed by atoms with E-state index in [0.717, 1.165) is 27.0 Å². The predicted molar refractivity (Wildman–Crippen MR) is 217 cm³/mol. The zero-order valence-corrected chi connectivity index (χ0v) is 33.0. The lowest BCUT2D eigenvalue weighted by molar-refractivity contribution is 0.364. The number of fused-ring (bicyclic) bond motifs is 3. The van der Waals surface area contributed by atoms with Gasteiger partial charge in [0.1, 0.15) is 0 Å². The van der Waals surface area contributed by atoms with Gasteiger partial charge in [-0.2, -0.15) is 0 Å². The molecule has 2 unspecified atom stereocenters. The molecule has 2 nitrogen and oxygen atoms in total. The van der Waals surface area contributed by atoms with Crippen molar-refractivity contribution in [2.45, 2.75) is 161 Å². The van der Waals surface area contributed by atoms with Gasteiger partial charge in [0.25, 0.3) is 0 Å². The summed E-state index contributed by atoms with van der Waals surface area (Å²) in [5.74, 6) is 1.31. The Bertz CT molecular complexity index is 1520. The summed E-state index contributed by atoms with van der Waals surface area (Å²) in [6.45, 7) is 7.69. The lowest BCUT2D eigenvalue weighted by atomic mass is 9.93. The highest BCUT2D eigenvalue weighted by Gasteiger charge is 2.18. The van der Waals surface area contributed by atoms with Crippen LogP contribution in [-0.4, -0.2) is 14.5 Å². The normalized spacial score (nSPS) is 13.1. The van der Waals surface area contributed by atoms with Crippen LogP contribution in [0.4, 0.5) is 0 Å². The van der Waals surface area contributed by atoms with E-state index in [1.165, 1.54) is 150 Å². The summed E-state index contributed by atoms with van der Waals surface area (Å²) in [4.78, 5) is 0.919. The Morgan fingerprint density at radius 1 is 0.604 bits per heavy atom. The van der Waals surface area contributed by atoms with Gasteiger partial charge in [-0.25, -0.2) is 0 Å². The van der Waals surface area contributed by atoms with Crippen LogP contribution in [0.1, 0.15) is 149 Å². The Morgan fingerprint density at radius 2 is 1.15 bits per heavy atom. The van der Waals surface area contributed by atoms with Crippen molar-refractivity contribution >= 4 is 48.5 Å². The predicted octanol–water partition coefficient (Wildman–Crippen LogP) is 14.8. The van der Waals surface area contributed by atoms with Crippen LogP contribution in [0.25, 0.3) is 32.9 Å². The van der Waals surface area contributed by atoms with Crippen molar-refractivity contribution in [3.05, 3.63) is 65.1 Å². The number of halogens is 1. The highest BCUT2D eigenvalue weighted by atomic mass is 79.9. The van der Waals surface area contributed by atoms with Crippen LogP contribution in [-0.2, 0) is 17.3 Å². The third-order valence-electron chi connectivity index (χ3n) is 10.4. The van der Waals surface area contributed by atoms with Crippen LogP contribution in [0.3, 0.4) is 0 Å². The second kappa shape index (κ2) is 22.0. The average molecular weight is 735 g/mol. The summed E-state index contributed by atoms with van der Waals surface area (Å²) in [7, 11) is -1.03. The number of hydrogen-bond donors (Lipinski definition) is 0. The first-order valence-electron chi connectivity index (χ1n) is 19.8. The molecule has 0 radical (unpaired) electrons. The molecular weight excluding hydrogens is 670 g/mol. The maximum absolute atomic E-state index is 13.1. The Balaban J connectivity index is 1.51. The molecule has 4 rings (SSSR count). The third kappa shape index (κ3) is 11.9. The molecule has 0 N–H and O–H groups in total. The quantitative estimate of drug-likeness (QED) is 0.0622. The molecule has 264 valence electrons. The summed E-state index contributed by atoms with van der Waals surface area (Å²) in [6, 6.07) is 22.2. The molecule has 0 spiro atoms. The monoisotopic (exact) mass is 733 g/mol. The molecule has 0 aliphatic carbocycles. The maximum Gasteiger partial charge on any atom is 0.0533 e. The fourth-order valence-corrected chi connectivity index (χ4v) is 9.08. The molecule has 0 saturated carbocycles. The van der Waals surface area contributed by atoms with E-state index in [1.54, 1.807) is 0 Å². The van der Waals surface area contributed by atoms with Gasteiger partial charge in [0.05, 0.1) is 10.8 Å². The van der Waals surface area contributed by atoms with Crippen molar-refractivity contribution in [2.24, 2.45) is 5.92 Å². The second-order valence-corrected chi connectivity index (χ2v) is 16.9. The SMILES string of the molecule is CCCCCCCCCCCCC(CCCCCCCCCC)Cn1c2ccccc2c2ccc(-c3ccc(Br)cc3S(=O)CC)cc21. The molecule has 1 heterocycles. The standard InChI is InChI=1S/C44H64BrNOS/c1-4-7-9-11-13-15-16-18-20-22-26-36(25-21-19-17-14-12-10-8-5-2)35-46-42-28-24-23-27-40(42)41-31-29-37(33-43(41)46)39-32-30-38(45)34-44(39)48(47)6-3/h23-24,27-34,36H,4-22,25-26,35H2,1-3H3. The number of rotatable bonds is 25. The van der Waals surface area contributed by atoms with Crippen LogP contribution < -0.4 is 0 Å². The minimum absolute atomic E-state index is 0.616. The summed E-state index contributed by atoms with van der Waals surface area (Å²) >= 11 is 3.62. The molecule has 0 aliphatic rings. The van der Waals surface area contributed by atoms with Gasteiger partial charge in [-0.05, 0) is 54.2 Å². The third-order valence-corrected chi connectivity index (χ3v) is 12.3. The highest BCUT2D eigenvalue weighted by molar-refractivity contribution is 9.10. The van der Waals surface area contributed by atoms with Crippen LogP contribution in [0.5, 0.6) is 0 Å². The van der Waals surface area contributed by atoms with Crippen molar-refractivity contribution in [1.29, 1.82) is 0 Å². The van der Waals surface area contributed by atoms with Crippen molar-refractivity contribution in [3.8, 4) is 11.1 Å².